The topological polar surface area (TPSA) is 21.3 Å². The Hall–Kier alpha value is -1.03. The van der Waals surface area contributed by atoms with Gasteiger partial charge >= 0.3 is 0 Å². The van der Waals surface area contributed by atoms with Crippen LogP contribution in [0.25, 0.3) is 0 Å². The first-order valence-electron chi connectivity index (χ1n) is 6.79. The van der Waals surface area contributed by atoms with Crippen molar-refractivity contribution >= 4 is 22.9 Å². The van der Waals surface area contributed by atoms with Crippen molar-refractivity contribution in [2.45, 2.75) is 27.0 Å². The van der Waals surface area contributed by atoms with E-state index in [1.807, 2.05) is 12.1 Å². The van der Waals surface area contributed by atoms with Crippen molar-refractivity contribution in [1.29, 1.82) is 0 Å². The Morgan fingerprint density at radius 3 is 2.85 bits per heavy atom. The Morgan fingerprint density at radius 1 is 1.30 bits per heavy atom. The highest BCUT2D eigenvalue weighted by atomic mass is 35.5. The molecule has 0 radical (unpaired) electrons. The van der Waals surface area contributed by atoms with E-state index in [4.69, 9.17) is 16.3 Å². The molecule has 0 unspecified atom stereocenters. The van der Waals surface area contributed by atoms with Gasteiger partial charge in [-0.1, -0.05) is 37.6 Å². The highest BCUT2D eigenvalue weighted by molar-refractivity contribution is 7.07. The molecule has 0 atom stereocenters. The highest BCUT2D eigenvalue weighted by Gasteiger charge is 2.09. The summed E-state index contributed by atoms with van der Waals surface area (Å²) < 4.78 is 5.90. The maximum absolute atomic E-state index is 6.26. The molecule has 108 valence electrons. The Kier molecular flexibility index (Phi) is 5.89. The molecule has 0 spiro atoms. The van der Waals surface area contributed by atoms with Crippen LogP contribution in [-0.2, 0) is 13.2 Å². The van der Waals surface area contributed by atoms with Crippen LogP contribution in [0.2, 0.25) is 5.02 Å². The molecule has 2 nitrogen and oxygen atoms in total. The van der Waals surface area contributed by atoms with Gasteiger partial charge in [-0.15, -0.1) is 0 Å². The second-order valence-corrected chi connectivity index (χ2v) is 6.36. The minimum Gasteiger partial charge on any atom is -0.487 e. The zero-order chi connectivity index (χ0) is 14.4. The van der Waals surface area contributed by atoms with Gasteiger partial charge in [0.25, 0.3) is 0 Å². The molecular weight excluding hydrogens is 290 g/mol. The highest BCUT2D eigenvalue weighted by Crippen LogP contribution is 2.29. The summed E-state index contributed by atoms with van der Waals surface area (Å²) in [5, 5.41) is 8.24. The number of thiophene rings is 1. The first-order valence-corrected chi connectivity index (χ1v) is 8.11. The minimum absolute atomic E-state index is 0.560. The average molecular weight is 310 g/mol. The number of ether oxygens (including phenoxy) is 1. The van der Waals surface area contributed by atoms with Crippen LogP contribution < -0.4 is 10.1 Å². The molecule has 0 aliphatic rings. The Bertz CT molecular complexity index is 525. The quantitative estimate of drug-likeness (QED) is 0.798. The molecule has 1 aromatic carbocycles. The van der Waals surface area contributed by atoms with Gasteiger partial charge in [-0.05, 0) is 40.9 Å². The van der Waals surface area contributed by atoms with E-state index in [9.17, 15) is 0 Å². The molecule has 0 aliphatic carbocycles. The monoisotopic (exact) mass is 309 g/mol. The summed E-state index contributed by atoms with van der Waals surface area (Å²) in [5.41, 5.74) is 2.28. The van der Waals surface area contributed by atoms with E-state index in [2.05, 4.69) is 42.1 Å². The van der Waals surface area contributed by atoms with Crippen molar-refractivity contribution in [3.63, 3.8) is 0 Å². The third-order valence-corrected chi connectivity index (χ3v) is 3.91. The van der Waals surface area contributed by atoms with Crippen molar-refractivity contribution in [2.24, 2.45) is 5.92 Å². The molecule has 2 rings (SSSR count). The predicted octanol–water partition coefficient (Wildman–Crippen LogP) is 4.73. The molecule has 0 aliphatic heterocycles. The van der Waals surface area contributed by atoms with Crippen LogP contribution in [0, 0.1) is 5.92 Å². The normalized spacial score (nSPS) is 11.0. The summed E-state index contributed by atoms with van der Waals surface area (Å²) in [7, 11) is 0. The van der Waals surface area contributed by atoms with E-state index >= 15 is 0 Å². The lowest BCUT2D eigenvalue weighted by Crippen LogP contribution is -2.19. The number of nitrogens with one attached hydrogen (secondary N) is 1. The second kappa shape index (κ2) is 7.67. The van der Waals surface area contributed by atoms with E-state index in [0.717, 1.165) is 24.4 Å². The maximum atomic E-state index is 6.26. The van der Waals surface area contributed by atoms with Crippen molar-refractivity contribution in [2.75, 3.05) is 6.54 Å². The number of benzene rings is 1. The first kappa shape index (κ1) is 15.4. The van der Waals surface area contributed by atoms with Crippen molar-refractivity contribution in [3.8, 4) is 5.75 Å². The third kappa shape index (κ3) is 4.51. The van der Waals surface area contributed by atoms with Crippen LogP contribution in [0.3, 0.4) is 0 Å². The summed E-state index contributed by atoms with van der Waals surface area (Å²) in [4.78, 5) is 0. The number of hydrogen-bond acceptors (Lipinski definition) is 3. The minimum atomic E-state index is 0.560. The van der Waals surface area contributed by atoms with Gasteiger partial charge in [0.05, 0.1) is 5.02 Å². The summed E-state index contributed by atoms with van der Waals surface area (Å²) in [5.74, 6) is 1.42. The average Bonchev–Trinajstić information content (AvgIpc) is 2.90. The molecule has 2 aromatic rings. The predicted molar refractivity (Wildman–Crippen MR) is 86.6 cm³/mol. The molecule has 0 amide bonds. The molecule has 20 heavy (non-hydrogen) atoms. The summed E-state index contributed by atoms with van der Waals surface area (Å²) in [6.45, 7) is 6.70. The Morgan fingerprint density at radius 2 is 2.15 bits per heavy atom. The number of rotatable bonds is 7. The van der Waals surface area contributed by atoms with E-state index in [1.165, 1.54) is 5.56 Å². The van der Waals surface area contributed by atoms with Crippen LogP contribution in [0.15, 0.2) is 35.0 Å². The molecule has 0 saturated carbocycles. The molecule has 1 heterocycles. The lowest BCUT2D eigenvalue weighted by atomic mass is 10.1. The largest absolute Gasteiger partial charge is 0.487 e. The first-order chi connectivity index (χ1) is 9.66. The van der Waals surface area contributed by atoms with Crippen LogP contribution >= 0.6 is 22.9 Å². The van der Waals surface area contributed by atoms with Crippen LogP contribution in [0.5, 0.6) is 5.75 Å². The molecule has 1 N–H and O–H groups in total. The zero-order valence-electron chi connectivity index (χ0n) is 11.9. The maximum Gasteiger partial charge on any atom is 0.142 e. The second-order valence-electron chi connectivity index (χ2n) is 5.17. The summed E-state index contributed by atoms with van der Waals surface area (Å²) >= 11 is 7.94. The van der Waals surface area contributed by atoms with Gasteiger partial charge in [-0.25, -0.2) is 0 Å². The molecule has 4 heteroatoms. The van der Waals surface area contributed by atoms with Gasteiger partial charge in [0.2, 0.25) is 0 Å². The van der Waals surface area contributed by atoms with Gasteiger partial charge in [-0.3, -0.25) is 0 Å². The van der Waals surface area contributed by atoms with Gasteiger partial charge in [0, 0.05) is 12.1 Å². The lowest BCUT2D eigenvalue weighted by Gasteiger charge is -2.14. The van der Waals surface area contributed by atoms with E-state index in [-0.39, 0.29) is 0 Å². The van der Waals surface area contributed by atoms with Gasteiger partial charge < -0.3 is 10.1 Å². The smallest absolute Gasteiger partial charge is 0.142 e. The van der Waals surface area contributed by atoms with Gasteiger partial charge in [0.15, 0.2) is 0 Å². The number of halogens is 1. The van der Waals surface area contributed by atoms with Gasteiger partial charge in [0.1, 0.15) is 12.4 Å². The molecule has 1 aromatic heterocycles. The van der Waals surface area contributed by atoms with E-state index in [0.29, 0.717) is 17.5 Å². The zero-order valence-corrected chi connectivity index (χ0v) is 13.4. The Balaban J connectivity index is 2.01. The molecule has 0 saturated heterocycles. The van der Waals surface area contributed by atoms with E-state index in [1.54, 1.807) is 11.3 Å². The SMILES string of the molecule is CC(C)CNCc1cccc(Cl)c1OCc1ccsc1. The van der Waals surface area contributed by atoms with Crippen LogP contribution in [-0.4, -0.2) is 6.54 Å². The fourth-order valence-electron chi connectivity index (χ4n) is 1.88. The third-order valence-electron chi connectivity index (χ3n) is 2.88. The molecule has 0 bridgehead atoms. The molecule has 0 fully saturated rings. The lowest BCUT2D eigenvalue weighted by molar-refractivity contribution is 0.302. The number of para-hydroxylation sites is 1. The van der Waals surface area contributed by atoms with Crippen molar-refractivity contribution in [3.05, 3.63) is 51.2 Å². The van der Waals surface area contributed by atoms with Crippen molar-refractivity contribution in [1.82, 2.24) is 5.32 Å². The summed E-state index contributed by atoms with van der Waals surface area (Å²) in [6.07, 6.45) is 0. The standard InChI is InChI=1S/C16H20ClNOS/c1-12(2)8-18-9-14-4-3-5-15(17)16(14)19-10-13-6-7-20-11-13/h3-7,11-12,18H,8-10H2,1-2H3. The fraction of sp³-hybridized carbons (Fsp3) is 0.375. The van der Waals surface area contributed by atoms with Crippen LogP contribution in [0.1, 0.15) is 25.0 Å². The van der Waals surface area contributed by atoms with Crippen molar-refractivity contribution < 1.29 is 4.74 Å². The Labute approximate surface area is 129 Å². The van der Waals surface area contributed by atoms with Gasteiger partial charge in [-0.2, -0.15) is 11.3 Å². The summed E-state index contributed by atoms with van der Waals surface area (Å²) in [6, 6.07) is 7.96. The van der Waals surface area contributed by atoms with E-state index < -0.39 is 0 Å². The van der Waals surface area contributed by atoms with Crippen LogP contribution in [0.4, 0.5) is 0 Å². The number of hydrogen-bond donors (Lipinski definition) is 1. The molecular formula is C16H20ClNOS. The fourth-order valence-corrected chi connectivity index (χ4v) is 2.78.